The monoisotopic (exact) mass is 390 g/mol. The molecule has 1 fully saturated rings. The maximum Gasteiger partial charge on any atom is 0.227 e. The number of hydrogen-bond donors (Lipinski definition) is 2. The minimum atomic E-state index is -0.0721. The summed E-state index contributed by atoms with van der Waals surface area (Å²) in [5.74, 6) is 0.729. The first kappa shape index (κ1) is 17.1. The van der Waals surface area contributed by atoms with Gasteiger partial charge in [-0.3, -0.25) is 4.79 Å². The summed E-state index contributed by atoms with van der Waals surface area (Å²) in [6.45, 7) is 1.47. The molecule has 0 atom stereocenters. The molecule has 26 heavy (non-hydrogen) atoms. The molecule has 3 heterocycles. The standard InChI is InChI=1S/C17H16Cl2N6O/c18-11-1-2-13(12(19)7-11)24-17(26)10-3-5-25(6-4-10)16-14-15(21-8-20-14)22-9-23-16/h1-2,7-10H,3-6H2,(H,24,26)(H,20,21,22,23). The van der Waals surface area contributed by atoms with Crippen LogP contribution < -0.4 is 10.2 Å². The maximum absolute atomic E-state index is 12.6. The molecule has 0 aliphatic carbocycles. The van der Waals surface area contributed by atoms with E-state index >= 15 is 0 Å². The minimum Gasteiger partial charge on any atom is -0.355 e. The third-order valence-corrected chi connectivity index (χ3v) is 5.11. The molecule has 1 amide bonds. The van der Waals surface area contributed by atoms with Crippen LogP contribution >= 0.6 is 23.2 Å². The maximum atomic E-state index is 12.6. The number of carbonyl (C=O) groups excluding carboxylic acids is 1. The number of amides is 1. The molecule has 1 saturated heterocycles. The Labute approximate surface area is 159 Å². The van der Waals surface area contributed by atoms with Gasteiger partial charge in [0.1, 0.15) is 11.8 Å². The van der Waals surface area contributed by atoms with E-state index in [1.54, 1.807) is 24.5 Å². The zero-order valence-corrected chi connectivity index (χ0v) is 15.3. The second-order valence-corrected chi connectivity index (χ2v) is 7.02. The van der Waals surface area contributed by atoms with Gasteiger partial charge in [0.2, 0.25) is 5.91 Å². The predicted octanol–water partition coefficient (Wildman–Crippen LogP) is 3.51. The highest BCUT2D eigenvalue weighted by atomic mass is 35.5. The summed E-state index contributed by atoms with van der Waals surface area (Å²) in [4.78, 5) is 30.5. The Bertz CT molecular complexity index is 951. The summed E-state index contributed by atoms with van der Waals surface area (Å²) in [5, 5.41) is 3.87. The largest absolute Gasteiger partial charge is 0.355 e. The molecule has 7 nitrogen and oxygen atoms in total. The Morgan fingerprint density at radius 3 is 2.77 bits per heavy atom. The molecule has 4 rings (SSSR count). The number of aromatic amines is 1. The fourth-order valence-corrected chi connectivity index (χ4v) is 3.63. The van der Waals surface area contributed by atoms with Crippen LogP contribution in [0.15, 0.2) is 30.9 Å². The number of hydrogen-bond acceptors (Lipinski definition) is 5. The van der Waals surface area contributed by atoms with Crippen LogP contribution in [0.25, 0.3) is 11.2 Å². The van der Waals surface area contributed by atoms with Crippen molar-refractivity contribution in [3.05, 3.63) is 40.9 Å². The number of benzene rings is 1. The zero-order chi connectivity index (χ0) is 18.1. The molecule has 0 radical (unpaired) electrons. The van der Waals surface area contributed by atoms with Crippen molar-refractivity contribution < 1.29 is 4.79 Å². The molecule has 0 spiro atoms. The fraction of sp³-hybridized carbons (Fsp3) is 0.294. The summed E-state index contributed by atoms with van der Waals surface area (Å²) < 4.78 is 0. The van der Waals surface area contributed by atoms with E-state index in [4.69, 9.17) is 23.2 Å². The lowest BCUT2D eigenvalue weighted by molar-refractivity contribution is -0.120. The normalized spacial score (nSPS) is 15.4. The molecule has 9 heteroatoms. The topological polar surface area (TPSA) is 86.8 Å². The summed E-state index contributed by atoms with van der Waals surface area (Å²) in [5.41, 5.74) is 2.05. The van der Waals surface area contributed by atoms with Crippen LogP contribution in [0.1, 0.15) is 12.8 Å². The molecule has 1 aliphatic heterocycles. The van der Waals surface area contributed by atoms with Gasteiger partial charge in [0.25, 0.3) is 0 Å². The van der Waals surface area contributed by atoms with E-state index in [-0.39, 0.29) is 11.8 Å². The summed E-state index contributed by atoms with van der Waals surface area (Å²) in [7, 11) is 0. The molecule has 2 aromatic heterocycles. The third kappa shape index (κ3) is 3.32. The van der Waals surface area contributed by atoms with Crippen LogP contribution in [-0.2, 0) is 4.79 Å². The van der Waals surface area contributed by atoms with Crippen molar-refractivity contribution >= 4 is 51.8 Å². The van der Waals surface area contributed by atoms with Crippen LogP contribution in [-0.4, -0.2) is 38.9 Å². The van der Waals surface area contributed by atoms with Crippen LogP contribution in [0, 0.1) is 5.92 Å². The molecule has 1 aromatic carbocycles. The predicted molar refractivity (Wildman–Crippen MR) is 102 cm³/mol. The van der Waals surface area contributed by atoms with E-state index in [1.807, 2.05) is 0 Å². The molecular weight excluding hydrogens is 375 g/mol. The summed E-state index contributed by atoms with van der Waals surface area (Å²) in [6, 6.07) is 5.04. The van der Waals surface area contributed by atoms with Gasteiger partial charge in [-0.25, -0.2) is 15.0 Å². The number of halogens is 2. The summed E-state index contributed by atoms with van der Waals surface area (Å²) in [6.07, 6.45) is 4.59. The number of anilines is 2. The van der Waals surface area contributed by atoms with Crippen LogP contribution in [0.4, 0.5) is 11.5 Å². The van der Waals surface area contributed by atoms with Gasteiger partial charge < -0.3 is 15.2 Å². The number of aromatic nitrogens is 4. The van der Waals surface area contributed by atoms with Gasteiger partial charge in [-0.2, -0.15) is 0 Å². The Morgan fingerprint density at radius 1 is 1.19 bits per heavy atom. The molecule has 0 saturated carbocycles. The Morgan fingerprint density at radius 2 is 2.00 bits per heavy atom. The number of rotatable bonds is 3. The van der Waals surface area contributed by atoms with E-state index in [2.05, 4.69) is 30.2 Å². The lowest BCUT2D eigenvalue weighted by atomic mass is 9.95. The van der Waals surface area contributed by atoms with Crippen LogP contribution in [0.5, 0.6) is 0 Å². The van der Waals surface area contributed by atoms with Gasteiger partial charge >= 0.3 is 0 Å². The molecular formula is C17H16Cl2N6O. The van der Waals surface area contributed by atoms with Crippen LogP contribution in [0.2, 0.25) is 10.0 Å². The average Bonchev–Trinajstić information content (AvgIpc) is 3.13. The van der Waals surface area contributed by atoms with Gasteiger partial charge in [-0.1, -0.05) is 23.2 Å². The second kappa shape index (κ2) is 7.09. The molecule has 3 aromatic rings. The van der Waals surface area contributed by atoms with Crippen LogP contribution in [0.3, 0.4) is 0 Å². The second-order valence-electron chi connectivity index (χ2n) is 6.17. The molecule has 0 bridgehead atoms. The summed E-state index contributed by atoms with van der Waals surface area (Å²) >= 11 is 12.0. The lowest BCUT2D eigenvalue weighted by Gasteiger charge is -2.32. The molecule has 0 unspecified atom stereocenters. The highest BCUT2D eigenvalue weighted by Gasteiger charge is 2.27. The first-order valence-electron chi connectivity index (χ1n) is 8.27. The van der Waals surface area contributed by atoms with Crippen molar-refractivity contribution in [2.45, 2.75) is 12.8 Å². The molecule has 2 N–H and O–H groups in total. The highest BCUT2D eigenvalue weighted by molar-refractivity contribution is 6.36. The van der Waals surface area contributed by atoms with Gasteiger partial charge in [0, 0.05) is 24.0 Å². The number of nitrogens with one attached hydrogen (secondary N) is 2. The van der Waals surface area contributed by atoms with E-state index in [0.29, 0.717) is 21.4 Å². The van der Waals surface area contributed by atoms with E-state index in [1.165, 1.54) is 6.33 Å². The SMILES string of the molecule is O=C(Nc1ccc(Cl)cc1Cl)C1CCN(c2ncnc3nc[nH]c23)CC1. The van der Waals surface area contributed by atoms with Gasteiger partial charge in [-0.05, 0) is 31.0 Å². The minimum absolute atomic E-state index is 0.0248. The lowest BCUT2D eigenvalue weighted by Crippen LogP contribution is -2.38. The van der Waals surface area contributed by atoms with Gasteiger partial charge in [0.05, 0.1) is 17.0 Å². The number of piperidine rings is 1. The highest BCUT2D eigenvalue weighted by Crippen LogP contribution is 2.29. The molecule has 1 aliphatic rings. The fourth-order valence-electron chi connectivity index (χ4n) is 3.17. The first-order chi connectivity index (χ1) is 12.6. The van der Waals surface area contributed by atoms with Crippen molar-refractivity contribution in [1.29, 1.82) is 0 Å². The quantitative estimate of drug-likeness (QED) is 0.714. The average molecular weight is 391 g/mol. The number of imidazole rings is 1. The van der Waals surface area contributed by atoms with Gasteiger partial charge in [0.15, 0.2) is 11.5 Å². The zero-order valence-electron chi connectivity index (χ0n) is 13.7. The van der Waals surface area contributed by atoms with Crippen molar-refractivity contribution in [2.75, 3.05) is 23.3 Å². The van der Waals surface area contributed by atoms with E-state index in [0.717, 1.165) is 37.3 Å². The Balaban J connectivity index is 1.41. The number of H-pyrrole nitrogens is 1. The number of carbonyl (C=O) groups is 1. The number of nitrogens with zero attached hydrogens (tertiary/aromatic N) is 4. The van der Waals surface area contributed by atoms with Crippen molar-refractivity contribution in [3.63, 3.8) is 0 Å². The van der Waals surface area contributed by atoms with Gasteiger partial charge in [-0.15, -0.1) is 0 Å². The van der Waals surface area contributed by atoms with Crippen molar-refractivity contribution in [1.82, 2.24) is 19.9 Å². The van der Waals surface area contributed by atoms with Crippen molar-refractivity contribution in [2.24, 2.45) is 5.92 Å². The first-order valence-corrected chi connectivity index (χ1v) is 9.02. The Hall–Kier alpha value is -2.38. The Kier molecular flexibility index (Phi) is 4.65. The van der Waals surface area contributed by atoms with E-state index in [9.17, 15) is 4.79 Å². The smallest absolute Gasteiger partial charge is 0.227 e. The third-order valence-electron chi connectivity index (χ3n) is 4.56. The van der Waals surface area contributed by atoms with Crippen molar-refractivity contribution in [3.8, 4) is 0 Å². The molecule has 134 valence electrons. The number of fused-ring (bicyclic) bond motifs is 1. The van der Waals surface area contributed by atoms with E-state index < -0.39 is 0 Å².